The summed E-state index contributed by atoms with van der Waals surface area (Å²) >= 11 is 0. The lowest BCUT2D eigenvalue weighted by Gasteiger charge is -2.31. The minimum absolute atomic E-state index is 0.0413. The molecule has 21 heteroatoms. The van der Waals surface area contributed by atoms with Crippen molar-refractivity contribution in [3.05, 3.63) is 84.9 Å². The maximum Gasteiger partial charge on any atom is 0.339 e. The zero-order valence-corrected chi connectivity index (χ0v) is 34.7. The van der Waals surface area contributed by atoms with Gasteiger partial charge in [-0.05, 0) is 111 Å². The molecule has 2 saturated carbocycles. The normalized spacial score (nSPS) is 15.7. The zero-order valence-electron chi connectivity index (χ0n) is 33.0. The standard InChI is InChI=1S/C22H24N4O5S.C19H19N5O5S/c27-16-9-11-26(12-10-16)15-3-6-18(7-4-15)32(29,30)31-17-5-8-19-20(13-17)24-22(23-19)25-21(28)14-1-2-14;20-17(25)10-21-12-3-6-14(7-4-12)30(27,28)29-13-5-8-15-16(9-13)23-19(22-15)24-18(26)11-1-2-11/h3-8,13-14,16,27H,1-2,9-12H2,(H2,23,24,25,28);3-9,11,21H,1-2,10H2,(H2,20,25)(H2,22,23,24,26). The molecule has 0 spiro atoms. The van der Waals surface area contributed by atoms with Gasteiger partial charge in [-0.1, -0.05) is 0 Å². The molecule has 1 aliphatic heterocycles. The van der Waals surface area contributed by atoms with Crippen molar-refractivity contribution < 1.29 is 44.7 Å². The van der Waals surface area contributed by atoms with Gasteiger partial charge < -0.3 is 39.4 Å². The minimum Gasteiger partial charge on any atom is -0.393 e. The Morgan fingerprint density at radius 3 is 1.56 bits per heavy atom. The number of imidazole rings is 2. The van der Waals surface area contributed by atoms with Crippen LogP contribution in [0.1, 0.15) is 38.5 Å². The van der Waals surface area contributed by atoms with Crippen LogP contribution in [0.15, 0.2) is 94.7 Å². The first-order chi connectivity index (χ1) is 29.7. The van der Waals surface area contributed by atoms with Gasteiger partial charge in [0.05, 0.1) is 34.7 Å². The smallest absolute Gasteiger partial charge is 0.339 e. The van der Waals surface area contributed by atoms with Gasteiger partial charge in [0.15, 0.2) is 0 Å². The molecule has 6 aromatic rings. The molecule has 3 heterocycles. The SMILES string of the molecule is NC(=O)CNc1ccc(S(=O)(=O)Oc2ccc3[nH]c(NC(=O)C4CC4)nc3c2)cc1.O=C(Nc1nc2cc(OS(=O)(=O)c3ccc(N4CCC(O)CC4)cc3)ccc2[nH]1)C1CC1. The molecule has 3 amide bonds. The lowest BCUT2D eigenvalue weighted by molar-refractivity contribution is -0.118. The van der Waals surface area contributed by atoms with E-state index >= 15 is 0 Å². The molecule has 1 saturated heterocycles. The van der Waals surface area contributed by atoms with E-state index in [1.165, 1.54) is 60.7 Å². The number of anilines is 4. The molecule has 2 aliphatic carbocycles. The lowest BCUT2D eigenvalue weighted by atomic mass is 10.1. The maximum absolute atomic E-state index is 12.7. The first-order valence-corrected chi connectivity index (χ1v) is 22.6. The van der Waals surface area contributed by atoms with Crippen LogP contribution in [0.3, 0.4) is 0 Å². The second-order valence-electron chi connectivity index (χ2n) is 15.2. The molecule has 0 radical (unpaired) electrons. The highest BCUT2D eigenvalue weighted by molar-refractivity contribution is 7.87. The monoisotopic (exact) mass is 885 g/mol. The van der Waals surface area contributed by atoms with Crippen LogP contribution >= 0.6 is 0 Å². The van der Waals surface area contributed by atoms with Crippen LogP contribution in [0.4, 0.5) is 23.3 Å². The molecule has 8 N–H and O–H groups in total. The molecule has 3 aliphatic rings. The highest BCUT2D eigenvalue weighted by atomic mass is 32.2. The number of nitrogens with two attached hydrogens (primary N) is 1. The number of hydrogen-bond acceptors (Lipinski definition) is 14. The topological polar surface area (TPSA) is 281 Å². The van der Waals surface area contributed by atoms with E-state index in [4.69, 9.17) is 14.1 Å². The molecule has 3 fully saturated rings. The summed E-state index contributed by atoms with van der Waals surface area (Å²) in [4.78, 5) is 51.2. The van der Waals surface area contributed by atoms with Crippen LogP contribution < -0.4 is 35.0 Å². The molecule has 62 heavy (non-hydrogen) atoms. The molecule has 0 unspecified atom stereocenters. The van der Waals surface area contributed by atoms with Gasteiger partial charge in [0.1, 0.15) is 21.3 Å². The summed E-state index contributed by atoms with van der Waals surface area (Å²) in [5.41, 5.74) is 8.77. The van der Waals surface area contributed by atoms with Crippen LogP contribution in [-0.4, -0.2) is 85.3 Å². The van der Waals surface area contributed by atoms with Crippen LogP contribution in [0.2, 0.25) is 0 Å². The number of hydrogen-bond donors (Lipinski definition) is 7. The highest BCUT2D eigenvalue weighted by Crippen LogP contribution is 2.32. The summed E-state index contributed by atoms with van der Waals surface area (Å²) < 4.78 is 61.1. The second-order valence-corrected chi connectivity index (χ2v) is 18.3. The van der Waals surface area contributed by atoms with Gasteiger partial charge in [0, 0.05) is 48.4 Å². The van der Waals surface area contributed by atoms with Crippen molar-refractivity contribution in [1.82, 2.24) is 19.9 Å². The van der Waals surface area contributed by atoms with E-state index in [1.54, 1.807) is 24.3 Å². The predicted octanol–water partition coefficient (Wildman–Crippen LogP) is 4.22. The van der Waals surface area contributed by atoms with Crippen molar-refractivity contribution in [3.63, 3.8) is 0 Å². The number of carbonyl (C=O) groups excluding carboxylic acids is 3. The van der Waals surface area contributed by atoms with E-state index in [9.17, 15) is 36.3 Å². The Morgan fingerprint density at radius 2 is 1.13 bits per heavy atom. The highest BCUT2D eigenvalue weighted by Gasteiger charge is 2.31. The Labute approximate surface area is 355 Å². The van der Waals surface area contributed by atoms with E-state index < -0.39 is 26.1 Å². The summed E-state index contributed by atoms with van der Waals surface area (Å²) in [5.74, 6) is 0.287. The molecule has 9 rings (SSSR count). The number of piperidine rings is 1. The molecule has 19 nitrogen and oxygen atoms in total. The van der Waals surface area contributed by atoms with E-state index in [0.717, 1.165) is 44.5 Å². The van der Waals surface area contributed by atoms with Gasteiger partial charge >= 0.3 is 20.2 Å². The Hall–Kier alpha value is -6.71. The fourth-order valence-corrected chi connectivity index (χ4v) is 8.39. The van der Waals surface area contributed by atoms with Crippen molar-refractivity contribution in [2.24, 2.45) is 17.6 Å². The van der Waals surface area contributed by atoms with E-state index in [1.807, 2.05) is 0 Å². The Bertz CT molecular complexity index is 2850. The van der Waals surface area contributed by atoms with Gasteiger partial charge in [-0.15, -0.1) is 0 Å². The van der Waals surface area contributed by atoms with Gasteiger partial charge in [0.25, 0.3) is 0 Å². The average molecular weight is 886 g/mol. The third-order valence-electron chi connectivity index (χ3n) is 10.3. The van der Waals surface area contributed by atoms with Gasteiger partial charge in [-0.3, -0.25) is 25.0 Å². The molecule has 324 valence electrons. The van der Waals surface area contributed by atoms with Crippen LogP contribution in [0.25, 0.3) is 22.1 Å². The summed E-state index contributed by atoms with van der Waals surface area (Å²) in [5, 5.41) is 17.9. The average Bonchev–Trinajstić information content (AvgIpc) is 4.19. The lowest BCUT2D eigenvalue weighted by Crippen LogP contribution is -2.35. The number of amides is 3. The van der Waals surface area contributed by atoms with Crippen LogP contribution in [0.5, 0.6) is 11.5 Å². The Balaban J connectivity index is 0.000000171. The van der Waals surface area contributed by atoms with Crippen molar-refractivity contribution >= 4 is 83.3 Å². The number of nitrogens with one attached hydrogen (secondary N) is 5. The van der Waals surface area contributed by atoms with Crippen LogP contribution in [-0.2, 0) is 34.6 Å². The molecule has 4 aromatic carbocycles. The molecule has 2 aromatic heterocycles. The van der Waals surface area contributed by atoms with Gasteiger partial charge in [-0.25, -0.2) is 9.97 Å². The van der Waals surface area contributed by atoms with Gasteiger partial charge in [-0.2, -0.15) is 16.8 Å². The van der Waals surface area contributed by atoms with Crippen molar-refractivity contribution in [2.75, 3.05) is 40.5 Å². The molecular formula is C41H43N9O10S2. The summed E-state index contributed by atoms with van der Waals surface area (Å²) in [6.07, 6.45) is 4.68. The quantitative estimate of drug-likeness (QED) is 0.0755. The maximum atomic E-state index is 12.7. The largest absolute Gasteiger partial charge is 0.393 e. The number of benzene rings is 4. The first kappa shape index (κ1) is 42.0. The number of fused-ring (bicyclic) bond motifs is 2. The number of aromatic amines is 2. The summed E-state index contributed by atoms with van der Waals surface area (Å²) in [6.45, 7) is 1.41. The molecule has 0 bridgehead atoms. The minimum atomic E-state index is -4.07. The number of primary amides is 1. The first-order valence-electron chi connectivity index (χ1n) is 19.8. The van der Waals surface area contributed by atoms with Gasteiger partial charge in [0.2, 0.25) is 29.6 Å². The summed E-state index contributed by atoms with van der Waals surface area (Å²) in [7, 11) is -8.09. The Morgan fingerprint density at radius 1 is 0.677 bits per heavy atom. The van der Waals surface area contributed by atoms with Crippen molar-refractivity contribution in [1.29, 1.82) is 0 Å². The van der Waals surface area contributed by atoms with Crippen molar-refractivity contribution in [3.8, 4) is 11.5 Å². The number of aromatic nitrogens is 4. The number of aliphatic hydroxyl groups excluding tert-OH is 1. The fourth-order valence-electron chi connectivity index (χ4n) is 6.55. The second kappa shape index (κ2) is 17.3. The number of rotatable bonds is 14. The molecule has 0 atom stereocenters. The van der Waals surface area contributed by atoms with Crippen molar-refractivity contribution in [2.45, 2.75) is 54.4 Å². The van der Waals surface area contributed by atoms with Crippen LogP contribution in [0, 0.1) is 11.8 Å². The summed E-state index contributed by atoms with van der Waals surface area (Å²) in [6, 6.07) is 21.6. The van der Waals surface area contributed by atoms with E-state index in [2.05, 4.69) is 40.8 Å². The predicted molar refractivity (Wildman–Crippen MR) is 229 cm³/mol. The third-order valence-corrected chi connectivity index (χ3v) is 12.8. The number of H-pyrrole nitrogens is 2. The Kier molecular flexibility index (Phi) is 11.7. The number of aliphatic hydroxyl groups is 1. The number of carbonyl (C=O) groups is 3. The fraction of sp³-hybridized carbons (Fsp3) is 0.293. The third kappa shape index (κ3) is 10.4. The molecular weight excluding hydrogens is 843 g/mol. The van der Waals surface area contributed by atoms with E-state index in [-0.39, 0.29) is 57.6 Å². The number of nitrogens with zero attached hydrogens (tertiary/aromatic N) is 3. The zero-order chi connectivity index (χ0) is 43.6. The van der Waals surface area contributed by atoms with E-state index in [0.29, 0.717) is 52.5 Å².